The van der Waals surface area contributed by atoms with Crippen LogP contribution in [0.4, 0.5) is 0 Å². The number of nitrogens with zero attached hydrogens (tertiary/aromatic N) is 1. The fourth-order valence-corrected chi connectivity index (χ4v) is 1.25. The Morgan fingerprint density at radius 1 is 1.38 bits per heavy atom. The van der Waals surface area contributed by atoms with Crippen LogP contribution in [0.2, 0.25) is 0 Å². The molecule has 0 spiro atoms. The van der Waals surface area contributed by atoms with Crippen molar-refractivity contribution in [2.75, 3.05) is 6.61 Å². The predicted octanol–water partition coefficient (Wildman–Crippen LogP) is 2.19. The molecule has 0 amide bonds. The van der Waals surface area contributed by atoms with Crippen LogP contribution in [0, 0.1) is 11.3 Å². The van der Waals surface area contributed by atoms with Crippen molar-refractivity contribution < 1.29 is 14.6 Å². The van der Waals surface area contributed by atoms with Gasteiger partial charge < -0.3 is 9.84 Å². The second kappa shape index (κ2) is 6.46. The fraction of sp³-hybridized carbons (Fsp3) is 0.333. The SMILES string of the molecule is N#Cc1ccccc1OCCCCC(=O)O. The van der Waals surface area contributed by atoms with Crippen LogP contribution in [0.15, 0.2) is 24.3 Å². The van der Waals surface area contributed by atoms with E-state index in [0.717, 1.165) is 0 Å². The van der Waals surface area contributed by atoms with Crippen LogP contribution < -0.4 is 4.74 Å². The first kappa shape index (κ1) is 12.1. The molecule has 0 aliphatic carbocycles. The van der Waals surface area contributed by atoms with E-state index in [0.29, 0.717) is 30.8 Å². The molecule has 0 heterocycles. The van der Waals surface area contributed by atoms with Crippen LogP contribution in [0.1, 0.15) is 24.8 Å². The number of aliphatic carboxylic acids is 1. The summed E-state index contributed by atoms with van der Waals surface area (Å²) in [6.45, 7) is 0.436. The molecule has 84 valence electrons. The lowest BCUT2D eigenvalue weighted by atomic mass is 10.2. The minimum atomic E-state index is -0.794. The molecular weight excluding hydrogens is 206 g/mol. The van der Waals surface area contributed by atoms with E-state index in [1.165, 1.54) is 0 Å². The third kappa shape index (κ3) is 4.01. The van der Waals surface area contributed by atoms with Crippen molar-refractivity contribution in [2.45, 2.75) is 19.3 Å². The smallest absolute Gasteiger partial charge is 0.303 e. The van der Waals surface area contributed by atoms with Gasteiger partial charge in [0.15, 0.2) is 0 Å². The van der Waals surface area contributed by atoms with Crippen molar-refractivity contribution >= 4 is 5.97 Å². The molecule has 4 heteroatoms. The summed E-state index contributed by atoms with van der Waals surface area (Å²) in [5.74, 6) is -0.238. The van der Waals surface area contributed by atoms with Gasteiger partial charge in [0.2, 0.25) is 0 Å². The summed E-state index contributed by atoms with van der Waals surface area (Å²) in [6, 6.07) is 9.03. The van der Waals surface area contributed by atoms with E-state index < -0.39 is 5.97 Å². The Labute approximate surface area is 94.1 Å². The lowest BCUT2D eigenvalue weighted by molar-refractivity contribution is -0.137. The zero-order valence-electron chi connectivity index (χ0n) is 8.85. The number of hydrogen-bond acceptors (Lipinski definition) is 3. The fourth-order valence-electron chi connectivity index (χ4n) is 1.25. The van der Waals surface area contributed by atoms with E-state index >= 15 is 0 Å². The molecule has 0 radical (unpaired) electrons. The Hall–Kier alpha value is -2.02. The number of carboxylic acids is 1. The lowest BCUT2D eigenvalue weighted by Gasteiger charge is -2.06. The Morgan fingerprint density at radius 3 is 2.81 bits per heavy atom. The number of benzene rings is 1. The van der Waals surface area contributed by atoms with Crippen LogP contribution in [0.25, 0.3) is 0 Å². The van der Waals surface area contributed by atoms with Crippen molar-refractivity contribution in [2.24, 2.45) is 0 Å². The van der Waals surface area contributed by atoms with Gasteiger partial charge >= 0.3 is 5.97 Å². The summed E-state index contributed by atoms with van der Waals surface area (Å²) in [5.41, 5.74) is 0.501. The summed E-state index contributed by atoms with van der Waals surface area (Å²) in [7, 11) is 0. The van der Waals surface area contributed by atoms with E-state index in [-0.39, 0.29) is 6.42 Å². The maximum Gasteiger partial charge on any atom is 0.303 e. The Bertz CT molecular complexity index is 395. The largest absolute Gasteiger partial charge is 0.492 e. The molecule has 1 N–H and O–H groups in total. The van der Waals surface area contributed by atoms with Crippen LogP contribution >= 0.6 is 0 Å². The first-order chi connectivity index (χ1) is 7.74. The van der Waals surface area contributed by atoms with Crippen LogP contribution in [0.5, 0.6) is 5.75 Å². The van der Waals surface area contributed by atoms with Gasteiger partial charge in [0.25, 0.3) is 0 Å². The van der Waals surface area contributed by atoms with Crippen LogP contribution in [0.3, 0.4) is 0 Å². The van der Waals surface area contributed by atoms with Gasteiger partial charge in [0.1, 0.15) is 11.8 Å². The molecular formula is C12H13NO3. The summed E-state index contributed by atoms with van der Waals surface area (Å²) in [5, 5.41) is 17.2. The maximum atomic E-state index is 10.2. The molecule has 0 aliphatic heterocycles. The highest BCUT2D eigenvalue weighted by Gasteiger charge is 2.01. The second-order valence-corrected chi connectivity index (χ2v) is 3.31. The number of unbranched alkanes of at least 4 members (excludes halogenated alkanes) is 1. The van der Waals surface area contributed by atoms with Gasteiger partial charge in [0, 0.05) is 6.42 Å². The summed E-state index contributed by atoms with van der Waals surface area (Å²) >= 11 is 0. The first-order valence-electron chi connectivity index (χ1n) is 5.08. The molecule has 0 bridgehead atoms. The Morgan fingerprint density at radius 2 is 2.12 bits per heavy atom. The molecule has 0 aromatic heterocycles. The molecule has 0 atom stereocenters. The molecule has 1 aromatic rings. The van der Waals surface area contributed by atoms with Crippen molar-refractivity contribution in [1.29, 1.82) is 5.26 Å². The number of ether oxygens (including phenoxy) is 1. The minimum Gasteiger partial charge on any atom is -0.492 e. The molecule has 16 heavy (non-hydrogen) atoms. The monoisotopic (exact) mass is 219 g/mol. The van der Waals surface area contributed by atoms with Gasteiger partial charge in [-0.25, -0.2) is 0 Å². The van der Waals surface area contributed by atoms with E-state index in [1.807, 2.05) is 6.07 Å². The molecule has 1 aromatic carbocycles. The zero-order valence-corrected chi connectivity index (χ0v) is 8.85. The van der Waals surface area contributed by atoms with Crippen molar-refractivity contribution in [3.63, 3.8) is 0 Å². The minimum absolute atomic E-state index is 0.156. The van der Waals surface area contributed by atoms with Crippen molar-refractivity contribution in [3.8, 4) is 11.8 Å². The van der Waals surface area contributed by atoms with Crippen LogP contribution in [-0.4, -0.2) is 17.7 Å². The average Bonchev–Trinajstić information content (AvgIpc) is 2.29. The maximum absolute atomic E-state index is 10.2. The number of hydrogen-bond donors (Lipinski definition) is 1. The van der Waals surface area contributed by atoms with Crippen LogP contribution in [-0.2, 0) is 4.79 Å². The number of nitriles is 1. The van der Waals surface area contributed by atoms with Gasteiger partial charge in [-0.15, -0.1) is 0 Å². The molecule has 0 unspecified atom stereocenters. The third-order valence-electron chi connectivity index (χ3n) is 2.05. The highest BCUT2D eigenvalue weighted by molar-refractivity contribution is 5.66. The van der Waals surface area contributed by atoms with Crippen molar-refractivity contribution in [1.82, 2.24) is 0 Å². The number of rotatable bonds is 6. The quantitative estimate of drug-likeness (QED) is 0.744. The molecule has 0 aliphatic rings. The average molecular weight is 219 g/mol. The summed E-state index contributed by atoms with van der Waals surface area (Å²) in [6.07, 6.45) is 1.42. The van der Waals surface area contributed by atoms with E-state index in [2.05, 4.69) is 0 Å². The molecule has 4 nitrogen and oxygen atoms in total. The Kier molecular flexibility index (Phi) is 4.87. The van der Waals surface area contributed by atoms with Gasteiger partial charge in [-0.3, -0.25) is 4.79 Å². The molecule has 1 rings (SSSR count). The predicted molar refractivity (Wildman–Crippen MR) is 58.1 cm³/mol. The van der Waals surface area contributed by atoms with Gasteiger partial charge in [-0.05, 0) is 25.0 Å². The zero-order chi connectivity index (χ0) is 11.8. The highest BCUT2D eigenvalue weighted by atomic mass is 16.5. The van der Waals surface area contributed by atoms with E-state index in [1.54, 1.807) is 24.3 Å². The standard InChI is InChI=1S/C12H13NO3/c13-9-10-5-1-2-6-11(10)16-8-4-3-7-12(14)15/h1-2,5-6H,3-4,7-8H2,(H,14,15). The summed E-state index contributed by atoms with van der Waals surface area (Å²) in [4.78, 5) is 10.2. The van der Waals surface area contributed by atoms with E-state index in [4.69, 9.17) is 15.1 Å². The number of carboxylic acid groups (broad SMARTS) is 1. The first-order valence-corrected chi connectivity index (χ1v) is 5.08. The lowest BCUT2D eigenvalue weighted by Crippen LogP contribution is -2.01. The normalized spacial score (nSPS) is 9.44. The van der Waals surface area contributed by atoms with Gasteiger partial charge in [-0.2, -0.15) is 5.26 Å². The molecule has 0 saturated heterocycles. The third-order valence-corrected chi connectivity index (χ3v) is 2.05. The number of carbonyl (C=O) groups is 1. The number of para-hydroxylation sites is 1. The van der Waals surface area contributed by atoms with Crippen molar-refractivity contribution in [3.05, 3.63) is 29.8 Å². The topological polar surface area (TPSA) is 70.3 Å². The summed E-state index contributed by atoms with van der Waals surface area (Å²) < 4.78 is 5.39. The van der Waals surface area contributed by atoms with Gasteiger partial charge in [-0.1, -0.05) is 12.1 Å². The highest BCUT2D eigenvalue weighted by Crippen LogP contribution is 2.16. The molecule has 0 fully saturated rings. The van der Waals surface area contributed by atoms with E-state index in [9.17, 15) is 4.79 Å². The van der Waals surface area contributed by atoms with Gasteiger partial charge in [0.05, 0.1) is 12.2 Å². The molecule has 0 saturated carbocycles. The second-order valence-electron chi connectivity index (χ2n) is 3.31. The Balaban J connectivity index is 2.32.